The molecule has 0 radical (unpaired) electrons. The van der Waals surface area contributed by atoms with Gasteiger partial charge in [0.1, 0.15) is 16.5 Å². The molecular weight excluding hydrogens is 278 g/mol. The van der Waals surface area contributed by atoms with E-state index in [4.69, 9.17) is 16.7 Å². The Kier molecular flexibility index (Phi) is 6.23. The molecule has 0 aliphatic rings. The normalized spacial score (nSPS) is 11.4. The van der Waals surface area contributed by atoms with E-state index < -0.39 is 5.97 Å². The van der Waals surface area contributed by atoms with Crippen molar-refractivity contribution in [3.63, 3.8) is 0 Å². The Morgan fingerprint density at radius 1 is 1.35 bits per heavy atom. The van der Waals surface area contributed by atoms with Gasteiger partial charge in [-0.2, -0.15) is 0 Å². The molecule has 0 aliphatic carbocycles. The van der Waals surface area contributed by atoms with Gasteiger partial charge >= 0.3 is 5.97 Å². The maximum atomic E-state index is 11.1. The highest BCUT2D eigenvalue weighted by atomic mass is 35.5. The lowest BCUT2D eigenvalue weighted by Crippen LogP contribution is -2.40. The smallest absolute Gasteiger partial charge is 0.339 e. The maximum Gasteiger partial charge on any atom is 0.339 e. The summed E-state index contributed by atoms with van der Waals surface area (Å²) in [7, 11) is 0. The van der Waals surface area contributed by atoms with Gasteiger partial charge in [0, 0.05) is 25.2 Å². The van der Waals surface area contributed by atoms with Crippen molar-refractivity contribution in [3.05, 3.63) is 22.8 Å². The van der Waals surface area contributed by atoms with Crippen LogP contribution in [0.2, 0.25) is 5.15 Å². The summed E-state index contributed by atoms with van der Waals surface area (Å²) >= 11 is 5.81. The van der Waals surface area contributed by atoms with E-state index in [-0.39, 0.29) is 10.7 Å². The predicted molar refractivity (Wildman–Crippen MR) is 81.7 cm³/mol. The van der Waals surface area contributed by atoms with E-state index in [0.29, 0.717) is 24.4 Å². The fourth-order valence-electron chi connectivity index (χ4n) is 2.16. The average Bonchev–Trinajstić information content (AvgIpc) is 2.33. The van der Waals surface area contributed by atoms with Gasteiger partial charge in [-0.3, -0.25) is 4.90 Å². The Labute approximate surface area is 125 Å². The Morgan fingerprint density at radius 3 is 2.45 bits per heavy atom. The molecule has 0 saturated carbocycles. The highest BCUT2D eigenvalue weighted by Gasteiger charge is 2.15. The number of rotatable bonds is 7. The van der Waals surface area contributed by atoms with Crippen LogP contribution >= 0.6 is 11.6 Å². The van der Waals surface area contributed by atoms with Gasteiger partial charge in [-0.25, -0.2) is 9.78 Å². The van der Waals surface area contributed by atoms with Crippen LogP contribution in [0.3, 0.4) is 0 Å². The zero-order valence-electron chi connectivity index (χ0n) is 12.4. The van der Waals surface area contributed by atoms with Crippen LogP contribution in [0, 0.1) is 0 Å². The van der Waals surface area contributed by atoms with Crippen LogP contribution < -0.4 is 5.32 Å². The number of carbonyl (C=O) groups is 1. The molecule has 0 saturated heterocycles. The topological polar surface area (TPSA) is 65.5 Å². The fraction of sp³-hybridized carbons (Fsp3) is 0.571. The molecule has 5 nitrogen and oxygen atoms in total. The van der Waals surface area contributed by atoms with E-state index in [1.165, 1.54) is 12.1 Å². The minimum absolute atomic E-state index is 0.134. The van der Waals surface area contributed by atoms with Crippen molar-refractivity contribution in [2.24, 2.45) is 0 Å². The third kappa shape index (κ3) is 4.65. The molecule has 0 amide bonds. The Morgan fingerprint density at radius 2 is 1.95 bits per heavy atom. The molecule has 0 spiro atoms. The van der Waals surface area contributed by atoms with Crippen LogP contribution in [0.4, 0.5) is 5.82 Å². The Balaban J connectivity index is 2.70. The van der Waals surface area contributed by atoms with Crippen molar-refractivity contribution < 1.29 is 9.90 Å². The van der Waals surface area contributed by atoms with E-state index in [1.807, 2.05) is 0 Å². The van der Waals surface area contributed by atoms with E-state index in [2.05, 4.69) is 42.9 Å². The van der Waals surface area contributed by atoms with Gasteiger partial charge in [0.15, 0.2) is 0 Å². The number of halogens is 1. The first kappa shape index (κ1) is 16.7. The summed E-state index contributed by atoms with van der Waals surface area (Å²) in [5, 5.41) is 12.4. The van der Waals surface area contributed by atoms with Crippen LogP contribution in [-0.2, 0) is 0 Å². The monoisotopic (exact) mass is 299 g/mol. The molecule has 0 bridgehead atoms. The van der Waals surface area contributed by atoms with E-state index >= 15 is 0 Å². The molecule has 0 atom stereocenters. The van der Waals surface area contributed by atoms with Crippen molar-refractivity contribution in [2.45, 2.75) is 39.8 Å². The molecule has 0 aliphatic heterocycles. The van der Waals surface area contributed by atoms with Gasteiger partial charge in [0.25, 0.3) is 0 Å². The third-order valence-corrected chi connectivity index (χ3v) is 3.29. The number of carboxylic acids is 1. The molecular formula is C14H22ClN3O2. The van der Waals surface area contributed by atoms with Crippen LogP contribution in [0.25, 0.3) is 0 Å². The van der Waals surface area contributed by atoms with Crippen molar-refractivity contribution in [3.8, 4) is 0 Å². The molecule has 20 heavy (non-hydrogen) atoms. The molecule has 1 heterocycles. The number of nitrogens with zero attached hydrogens (tertiary/aromatic N) is 2. The lowest BCUT2D eigenvalue weighted by molar-refractivity contribution is 0.0697. The zero-order valence-corrected chi connectivity index (χ0v) is 13.1. The molecule has 1 aromatic rings. The molecule has 6 heteroatoms. The van der Waals surface area contributed by atoms with Gasteiger partial charge in [0.05, 0.1) is 0 Å². The zero-order chi connectivity index (χ0) is 15.3. The van der Waals surface area contributed by atoms with Crippen molar-refractivity contribution in [1.29, 1.82) is 0 Å². The van der Waals surface area contributed by atoms with Gasteiger partial charge in [-0.05, 0) is 39.8 Å². The largest absolute Gasteiger partial charge is 0.478 e. The van der Waals surface area contributed by atoms with Gasteiger partial charge < -0.3 is 10.4 Å². The van der Waals surface area contributed by atoms with Gasteiger partial charge in [0.2, 0.25) is 0 Å². The molecule has 0 fully saturated rings. The SMILES string of the molecule is CC(C)N(CCNc1nc(Cl)ccc1C(=O)O)C(C)C. The second kappa shape index (κ2) is 7.45. The standard InChI is InChI=1S/C14H22ClN3O2/c1-9(2)18(10(3)4)8-7-16-13-11(14(19)20)5-6-12(15)17-13/h5-6,9-10H,7-8H2,1-4H3,(H,16,17)(H,19,20). The Hall–Kier alpha value is -1.33. The Bertz CT molecular complexity index is 456. The highest BCUT2D eigenvalue weighted by molar-refractivity contribution is 6.29. The second-order valence-electron chi connectivity index (χ2n) is 5.19. The molecule has 0 aromatic carbocycles. The number of aromatic carboxylic acids is 1. The van der Waals surface area contributed by atoms with Gasteiger partial charge in [-0.1, -0.05) is 11.6 Å². The summed E-state index contributed by atoms with van der Waals surface area (Å²) < 4.78 is 0. The number of anilines is 1. The average molecular weight is 300 g/mol. The third-order valence-electron chi connectivity index (χ3n) is 3.08. The second-order valence-corrected chi connectivity index (χ2v) is 5.57. The molecule has 0 unspecified atom stereocenters. The molecule has 1 aromatic heterocycles. The molecule has 2 N–H and O–H groups in total. The first-order valence-corrected chi connectivity index (χ1v) is 7.10. The minimum atomic E-state index is -1.01. The molecule has 1 rings (SSSR count). The summed E-state index contributed by atoms with van der Waals surface area (Å²) in [5.74, 6) is -0.696. The molecule has 112 valence electrons. The number of pyridine rings is 1. The summed E-state index contributed by atoms with van der Waals surface area (Å²) in [6.45, 7) is 9.98. The van der Waals surface area contributed by atoms with Crippen LogP contribution in [0.1, 0.15) is 38.1 Å². The van der Waals surface area contributed by atoms with Crippen LogP contribution in [0.5, 0.6) is 0 Å². The van der Waals surface area contributed by atoms with Crippen molar-refractivity contribution >= 4 is 23.4 Å². The predicted octanol–water partition coefficient (Wildman–Crippen LogP) is 2.96. The highest BCUT2D eigenvalue weighted by Crippen LogP contribution is 2.16. The number of aromatic nitrogens is 1. The lowest BCUT2D eigenvalue weighted by atomic mass is 10.2. The van der Waals surface area contributed by atoms with E-state index in [1.54, 1.807) is 0 Å². The minimum Gasteiger partial charge on any atom is -0.478 e. The number of hydrogen-bond donors (Lipinski definition) is 2. The summed E-state index contributed by atoms with van der Waals surface area (Å²) in [6.07, 6.45) is 0. The maximum absolute atomic E-state index is 11.1. The van der Waals surface area contributed by atoms with Crippen LogP contribution in [0.15, 0.2) is 12.1 Å². The van der Waals surface area contributed by atoms with Crippen molar-refractivity contribution in [1.82, 2.24) is 9.88 Å². The first-order chi connectivity index (χ1) is 9.32. The number of carboxylic acid groups (broad SMARTS) is 1. The van der Waals surface area contributed by atoms with E-state index in [0.717, 1.165) is 6.54 Å². The summed E-state index contributed by atoms with van der Waals surface area (Å²) in [6, 6.07) is 3.80. The summed E-state index contributed by atoms with van der Waals surface area (Å²) in [5.41, 5.74) is 0.134. The number of nitrogens with one attached hydrogen (secondary N) is 1. The van der Waals surface area contributed by atoms with Gasteiger partial charge in [-0.15, -0.1) is 0 Å². The van der Waals surface area contributed by atoms with E-state index in [9.17, 15) is 4.79 Å². The quantitative estimate of drug-likeness (QED) is 0.758. The summed E-state index contributed by atoms with van der Waals surface area (Å²) in [4.78, 5) is 17.5. The van der Waals surface area contributed by atoms with Crippen LogP contribution in [-0.4, -0.2) is 46.1 Å². The fourth-order valence-corrected chi connectivity index (χ4v) is 2.31. The first-order valence-electron chi connectivity index (χ1n) is 6.72. The lowest BCUT2D eigenvalue weighted by Gasteiger charge is -2.30. The number of hydrogen-bond acceptors (Lipinski definition) is 4. The van der Waals surface area contributed by atoms with Crippen molar-refractivity contribution in [2.75, 3.05) is 18.4 Å².